The van der Waals surface area contributed by atoms with E-state index >= 15 is 0 Å². The largest absolute Gasteiger partial charge is 0.372 e. The summed E-state index contributed by atoms with van der Waals surface area (Å²) in [4.78, 5) is 16.1. The van der Waals surface area contributed by atoms with Crippen molar-refractivity contribution in [1.29, 1.82) is 0 Å². The van der Waals surface area contributed by atoms with Crippen molar-refractivity contribution in [2.24, 2.45) is 0 Å². The van der Waals surface area contributed by atoms with Crippen molar-refractivity contribution < 1.29 is 9.53 Å². The number of rotatable bonds is 3. The molecule has 2 atom stereocenters. The van der Waals surface area contributed by atoms with Crippen LogP contribution in [-0.4, -0.2) is 36.1 Å². The van der Waals surface area contributed by atoms with Gasteiger partial charge in [-0.15, -0.1) is 11.3 Å². The Labute approximate surface area is 147 Å². The third-order valence-corrected chi connectivity index (χ3v) is 4.98. The lowest BCUT2D eigenvalue weighted by atomic mass is 10.1. The standard InChI is InChI=1S/C20H23NO2S/c1-14-6-4-7-17(10-14)11-18(19-8-5-9-24-19)20(22)21-12-15(2)23-16(3)13-21/h4-11,15-16H,12-13H2,1-3H3/b18-11+/t15-,16-/m0/s1. The second kappa shape index (κ2) is 7.32. The van der Waals surface area contributed by atoms with Crippen molar-refractivity contribution in [2.45, 2.75) is 33.0 Å². The number of amides is 1. The molecule has 0 aliphatic carbocycles. The van der Waals surface area contributed by atoms with Crippen LogP contribution in [0.2, 0.25) is 0 Å². The van der Waals surface area contributed by atoms with Crippen LogP contribution in [0.1, 0.15) is 29.9 Å². The van der Waals surface area contributed by atoms with Gasteiger partial charge in [0, 0.05) is 18.0 Å². The number of benzene rings is 1. The smallest absolute Gasteiger partial charge is 0.255 e. The van der Waals surface area contributed by atoms with Crippen LogP contribution in [0.5, 0.6) is 0 Å². The Kier molecular flexibility index (Phi) is 5.17. The molecule has 0 saturated carbocycles. The van der Waals surface area contributed by atoms with Gasteiger partial charge in [-0.3, -0.25) is 4.79 Å². The van der Waals surface area contributed by atoms with E-state index in [1.165, 1.54) is 5.56 Å². The van der Waals surface area contributed by atoms with Gasteiger partial charge in [-0.25, -0.2) is 0 Å². The van der Waals surface area contributed by atoms with Crippen LogP contribution in [-0.2, 0) is 9.53 Å². The highest BCUT2D eigenvalue weighted by molar-refractivity contribution is 7.11. The molecule has 0 unspecified atom stereocenters. The van der Waals surface area contributed by atoms with Gasteiger partial charge in [0.25, 0.3) is 5.91 Å². The Bertz CT molecular complexity index is 726. The number of morpholine rings is 1. The van der Waals surface area contributed by atoms with Crippen molar-refractivity contribution in [1.82, 2.24) is 4.90 Å². The molecule has 1 amide bonds. The third kappa shape index (κ3) is 3.94. The van der Waals surface area contributed by atoms with Crippen LogP contribution in [0.4, 0.5) is 0 Å². The highest BCUT2D eigenvalue weighted by Crippen LogP contribution is 2.26. The molecular weight excluding hydrogens is 318 g/mol. The summed E-state index contributed by atoms with van der Waals surface area (Å²) in [6.45, 7) is 7.38. The van der Waals surface area contributed by atoms with Gasteiger partial charge in [-0.05, 0) is 43.9 Å². The maximum Gasteiger partial charge on any atom is 0.255 e. The molecule has 24 heavy (non-hydrogen) atoms. The van der Waals surface area contributed by atoms with E-state index in [9.17, 15) is 4.79 Å². The number of hydrogen-bond donors (Lipinski definition) is 0. The first-order valence-electron chi connectivity index (χ1n) is 8.30. The van der Waals surface area contributed by atoms with Gasteiger partial charge in [0.15, 0.2) is 0 Å². The quantitative estimate of drug-likeness (QED) is 0.782. The van der Waals surface area contributed by atoms with Crippen molar-refractivity contribution >= 4 is 28.9 Å². The summed E-state index contributed by atoms with van der Waals surface area (Å²) < 4.78 is 5.76. The van der Waals surface area contributed by atoms with Crippen molar-refractivity contribution in [3.8, 4) is 0 Å². The predicted octanol–water partition coefficient (Wildman–Crippen LogP) is 4.23. The van der Waals surface area contributed by atoms with Crippen LogP contribution in [0.3, 0.4) is 0 Å². The summed E-state index contributed by atoms with van der Waals surface area (Å²) in [5.74, 6) is 0.0842. The van der Waals surface area contributed by atoms with E-state index < -0.39 is 0 Å². The first-order chi connectivity index (χ1) is 11.5. The number of carbonyl (C=O) groups is 1. The molecule has 1 saturated heterocycles. The molecule has 126 valence electrons. The molecule has 4 heteroatoms. The van der Waals surface area contributed by atoms with Gasteiger partial charge in [0.05, 0.1) is 17.8 Å². The second-order valence-corrected chi connectivity index (χ2v) is 7.36. The summed E-state index contributed by atoms with van der Waals surface area (Å²) in [5, 5.41) is 2.01. The van der Waals surface area contributed by atoms with Gasteiger partial charge in [-0.1, -0.05) is 35.9 Å². The molecule has 3 rings (SSSR count). The molecule has 1 aromatic carbocycles. The minimum Gasteiger partial charge on any atom is -0.372 e. The van der Waals surface area contributed by atoms with Crippen molar-refractivity contribution in [3.05, 3.63) is 57.8 Å². The van der Waals surface area contributed by atoms with E-state index in [1.54, 1.807) is 11.3 Å². The Hall–Kier alpha value is -1.91. The fourth-order valence-electron chi connectivity index (χ4n) is 3.11. The lowest BCUT2D eigenvalue weighted by molar-refractivity contribution is -0.136. The van der Waals surface area contributed by atoms with Gasteiger partial charge in [-0.2, -0.15) is 0 Å². The van der Waals surface area contributed by atoms with E-state index in [1.807, 2.05) is 54.5 Å². The zero-order chi connectivity index (χ0) is 17.1. The Morgan fingerprint density at radius 2 is 1.96 bits per heavy atom. The van der Waals surface area contributed by atoms with Crippen LogP contribution >= 0.6 is 11.3 Å². The molecule has 2 aromatic rings. The zero-order valence-electron chi connectivity index (χ0n) is 14.4. The summed E-state index contributed by atoms with van der Waals surface area (Å²) in [6, 6.07) is 12.2. The number of ether oxygens (including phenoxy) is 1. The summed E-state index contributed by atoms with van der Waals surface area (Å²) in [7, 11) is 0. The van der Waals surface area contributed by atoms with Crippen LogP contribution in [0.25, 0.3) is 11.6 Å². The molecule has 1 aromatic heterocycles. The Balaban J connectivity index is 1.95. The summed E-state index contributed by atoms with van der Waals surface area (Å²) in [5.41, 5.74) is 3.01. The number of aryl methyl sites for hydroxylation is 1. The van der Waals surface area contributed by atoms with Crippen molar-refractivity contribution in [2.75, 3.05) is 13.1 Å². The number of thiophene rings is 1. The lowest BCUT2D eigenvalue weighted by Crippen LogP contribution is -2.48. The van der Waals surface area contributed by atoms with Crippen molar-refractivity contribution in [3.63, 3.8) is 0 Å². The zero-order valence-corrected chi connectivity index (χ0v) is 15.2. The van der Waals surface area contributed by atoms with Gasteiger partial charge < -0.3 is 9.64 Å². The predicted molar refractivity (Wildman–Crippen MR) is 100.0 cm³/mol. The molecule has 2 heterocycles. The summed E-state index contributed by atoms with van der Waals surface area (Å²) in [6.07, 6.45) is 2.15. The summed E-state index contributed by atoms with van der Waals surface area (Å²) >= 11 is 1.60. The normalized spacial score (nSPS) is 21.8. The molecular formula is C20H23NO2S. The second-order valence-electron chi connectivity index (χ2n) is 6.42. The monoisotopic (exact) mass is 341 g/mol. The number of carbonyl (C=O) groups excluding carboxylic acids is 1. The molecule has 1 fully saturated rings. The third-order valence-electron chi connectivity index (χ3n) is 4.08. The topological polar surface area (TPSA) is 29.5 Å². The molecule has 0 bridgehead atoms. The first kappa shape index (κ1) is 16.9. The fraction of sp³-hybridized carbons (Fsp3) is 0.350. The van der Waals surface area contributed by atoms with E-state index in [4.69, 9.17) is 4.74 Å². The number of hydrogen-bond acceptors (Lipinski definition) is 3. The van der Waals surface area contributed by atoms with Crippen LogP contribution < -0.4 is 0 Å². The molecule has 0 N–H and O–H groups in total. The molecule has 1 aliphatic heterocycles. The van der Waals surface area contributed by atoms with E-state index in [2.05, 4.69) is 19.1 Å². The fourth-order valence-corrected chi connectivity index (χ4v) is 3.84. The Morgan fingerprint density at radius 1 is 1.21 bits per heavy atom. The molecule has 1 aliphatic rings. The maximum atomic E-state index is 13.2. The molecule has 3 nitrogen and oxygen atoms in total. The van der Waals surface area contributed by atoms with Gasteiger partial charge >= 0.3 is 0 Å². The van der Waals surface area contributed by atoms with Crippen LogP contribution in [0.15, 0.2) is 41.8 Å². The average molecular weight is 341 g/mol. The average Bonchev–Trinajstić information content (AvgIpc) is 3.05. The minimum absolute atomic E-state index is 0.0706. The van der Waals surface area contributed by atoms with Gasteiger partial charge in [0.2, 0.25) is 0 Å². The Morgan fingerprint density at radius 3 is 2.58 bits per heavy atom. The maximum absolute atomic E-state index is 13.2. The van der Waals surface area contributed by atoms with Gasteiger partial charge in [0.1, 0.15) is 0 Å². The highest BCUT2D eigenvalue weighted by Gasteiger charge is 2.28. The van der Waals surface area contributed by atoms with E-state index in [-0.39, 0.29) is 18.1 Å². The van der Waals surface area contributed by atoms with E-state index in [0.29, 0.717) is 13.1 Å². The van der Waals surface area contributed by atoms with Crippen LogP contribution in [0, 0.1) is 6.92 Å². The number of nitrogens with zero attached hydrogens (tertiary/aromatic N) is 1. The minimum atomic E-state index is 0.0706. The molecule has 0 radical (unpaired) electrons. The highest BCUT2D eigenvalue weighted by atomic mass is 32.1. The molecule has 0 spiro atoms. The first-order valence-corrected chi connectivity index (χ1v) is 9.18. The van der Waals surface area contributed by atoms with E-state index in [0.717, 1.165) is 16.0 Å². The lowest BCUT2D eigenvalue weighted by Gasteiger charge is -2.35. The SMILES string of the molecule is Cc1cccc(/C=C(/C(=O)N2C[C@H](C)O[C@@H](C)C2)c2cccs2)c1.